The molecular weight excluding hydrogens is 118 g/mol. The molecule has 0 unspecified atom stereocenters. The largest absolute Gasteiger partial charge is 0.224 e. The van der Waals surface area contributed by atoms with E-state index in [4.69, 9.17) is 0 Å². The van der Waals surface area contributed by atoms with Crippen LogP contribution < -0.4 is 4.57 Å². The van der Waals surface area contributed by atoms with E-state index in [1.54, 1.807) is 11.3 Å². The lowest BCUT2D eigenvalue weighted by atomic mass is 10.4. The number of hydrogen-bond acceptors (Lipinski definition) is 1. The van der Waals surface area contributed by atoms with Crippen LogP contribution >= 0.6 is 11.3 Å². The number of aromatic nitrogens is 1. The zero-order valence-corrected chi connectivity index (χ0v) is 6.03. The van der Waals surface area contributed by atoms with E-state index in [0.29, 0.717) is 0 Å². The van der Waals surface area contributed by atoms with E-state index in [1.165, 1.54) is 5.69 Å². The van der Waals surface area contributed by atoms with E-state index in [1.807, 2.05) is 0 Å². The highest BCUT2D eigenvalue weighted by molar-refractivity contribution is 7.07. The zero-order chi connectivity index (χ0) is 5.98. The van der Waals surface area contributed by atoms with Gasteiger partial charge in [0.05, 0.1) is 5.38 Å². The van der Waals surface area contributed by atoms with Crippen LogP contribution in [0.4, 0.5) is 0 Å². The highest BCUT2D eigenvalue weighted by Gasteiger charge is 2.00. The first-order valence-corrected chi connectivity index (χ1v) is 3.69. The third kappa shape index (κ3) is 0.892. The van der Waals surface area contributed by atoms with Crippen molar-refractivity contribution in [1.82, 2.24) is 0 Å². The van der Waals surface area contributed by atoms with Gasteiger partial charge in [-0.25, -0.2) is 0 Å². The van der Waals surface area contributed by atoms with Gasteiger partial charge in [-0.15, -0.1) is 0 Å². The molecular formula is C6H10NS+. The van der Waals surface area contributed by atoms with Gasteiger partial charge < -0.3 is 0 Å². The summed E-state index contributed by atoms with van der Waals surface area (Å²) in [5.74, 6) is 0. The lowest BCUT2D eigenvalue weighted by molar-refractivity contribution is -0.674. The lowest BCUT2D eigenvalue weighted by Gasteiger charge is -1.81. The van der Waals surface area contributed by atoms with Gasteiger partial charge >= 0.3 is 0 Å². The Morgan fingerprint density at radius 2 is 2.50 bits per heavy atom. The molecule has 0 bridgehead atoms. The van der Waals surface area contributed by atoms with Crippen molar-refractivity contribution in [3.63, 3.8) is 0 Å². The molecule has 0 atom stereocenters. The smallest absolute Gasteiger partial charge is 0.195 e. The second-order valence-corrected chi connectivity index (χ2v) is 2.53. The summed E-state index contributed by atoms with van der Waals surface area (Å²) in [6, 6.07) is 0. The fourth-order valence-electron chi connectivity index (χ4n) is 0.684. The molecule has 0 aliphatic heterocycles. The lowest BCUT2D eigenvalue weighted by Crippen LogP contribution is -2.28. The average Bonchev–Trinajstić information content (AvgIpc) is 2.14. The first-order chi connectivity index (χ1) is 3.84. The summed E-state index contributed by atoms with van der Waals surface area (Å²) in [6.07, 6.45) is 1.14. The topological polar surface area (TPSA) is 3.88 Å². The Labute approximate surface area is 53.6 Å². The molecule has 0 aliphatic carbocycles. The molecule has 0 saturated carbocycles. The van der Waals surface area contributed by atoms with Crippen LogP contribution in [-0.2, 0) is 13.5 Å². The number of rotatable bonds is 1. The van der Waals surface area contributed by atoms with Gasteiger partial charge in [-0.05, 0) is 0 Å². The van der Waals surface area contributed by atoms with Gasteiger partial charge in [0, 0.05) is 6.42 Å². The maximum absolute atomic E-state index is 2.18. The van der Waals surface area contributed by atoms with Gasteiger partial charge in [0.1, 0.15) is 7.05 Å². The summed E-state index contributed by atoms with van der Waals surface area (Å²) in [6.45, 7) is 2.17. The Bertz CT molecular complexity index is 169. The van der Waals surface area contributed by atoms with Gasteiger partial charge in [-0.3, -0.25) is 0 Å². The van der Waals surface area contributed by atoms with E-state index in [2.05, 4.69) is 29.4 Å². The van der Waals surface area contributed by atoms with Crippen molar-refractivity contribution in [1.29, 1.82) is 0 Å². The highest BCUT2D eigenvalue weighted by atomic mass is 32.1. The monoisotopic (exact) mass is 128 g/mol. The molecule has 0 N–H and O–H groups in total. The van der Waals surface area contributed by atoms with E-state index in [9.17, 15) is 0 Å². The van der Waals surface area contributed by atoms with Crippen molar-refractivity contribution < 1.29 is 4.57 Å². The predicted molar refractivity (Wildman–Crippen MR) is 34.9 cm³/mol. The minimum absolute atomic E-state index is 1.14. The van der Waals surface area contributed by atoms with Crippen molar-refractivity contribution in [2.24, 2.45) is 7.05 Å². The van der Waals surface area contributed by atoms with Crippen molar-refractivity contribution >= 4 is 11.3 Å². The molecule has 0 aliphatic rings. The summed E-state index contributed by atoms with van der Waals surface area (Å²) < 4.78 is 2.16. The van der Waals surface area contributed by atoms with Crippen LogP contribution in [0, 0.1) is 0 Å². The van der Waals surface area contributed by atoms with Crippen LogP contribution in [0.3, 0.4) is 0 Å². The molecule has 0 spiro atoms. The molecule has 1 rings (SSSR count). The van der Waals surface area contributed by atoms with Crippen LogP contribution in [0.25, 0.3) is 0 Å². The van der Waals surface area contributed by atoms with E-state index < -0.39 is 0 Å². The average molecular weight is 128 g/mol. The van der Waals surface area contributed by atoms with Crippen LogP contribution in [0.5, 0.6) is 0 Å². The molecule has 1 aromatic heterocycles. The van der Waals surface area contributed by atoms with E-state index in [-0.39, 0.29) is 0 Å². The van der Waals surface area contributed by atoms with Crippen LogP contribution in [0.1, 0.15) is 12.6 Å². The third-order valence-corrected chi connectivity index (χ3v) is 2.08. The fourth-order valence-corrected chi connectivity index (χ4v) is 1.55. The van der Waals surface area contributed by atoms with Crippen LogP contribution in [0.2, 0.25) is 0 Å². The Balaban J connectivity index is 2.92. The number of thiazole rings is 1. The van der Waals surface area contributed by atoms with Crippen LogP contribution in [0.15, 0.2) is 10.9 Å². The minimum atomic E-state index is 1.14. The van der Waals surface area contributed by atoms with Crippen molar-refractivity contribution in [2.75, 3.05) is 0 Å². The molecule has 0 saturated heterocycles. The molecule has 0 fully saturated rings. The SMILES string of the molecule is CCc1csc[n+]1C. The van der Waals surface area contributed by atoms with E-state index >= 15 is 0 Å². The van der Waals surface area contributed by atoms with Crippen molar-refractivity contribution in [3.05, 3.63) is 16.6 Å². The second kappa shape index (κ2) is 2.27. The van der Waals surface area contributed by atoms with Gasteiger partial charge in [-0.2, -0.15) is 4.57 Å². The van der Waals surface area contributed by atoms with Gasteiger partial charge in [0.15, 0.2) is 5.69 Å². The summed E-state index contributed by atoms with van der Waals surface area (Å²) in [5.41, 5.74) is 3.52. The minimum Gasteiger partial charge on any atom is -0.195 e. The highest BCUT2D eigenvalue weighted by Crippen LogP contribution is 1.97. The summed E-state index contributed by atoms with van der Waals surface area (Å²) >= 11 is 1.75. The second-order valence-electron chi connectivity index (χ2n) is 1.82. The molecule has 0 amide bonds. The Kier molecular flexibility index (Phi) is 1.63. The van der Waals surface area contributed by atoms with Crippen molar-refractivity contribution in [3.8, 4) is 0 Å². The molecule has 1 nitrogen and oxygen atoms in total. The third-order valence-electron chi connectivity index (χ3n) is 1.24. The number of nitrogens with zero attached hydrogens (tertiary/aromatic N) is 1. The van der Waals surface area contributed by atoms with Gasteiger partial charge in [0.25, 0.3) is 0 Å². The normalized spacial score (nSPS) is 9.75. The number of aryl methyl sites for hydroxylation is 2. The Morgan fingerprint density at radius 1 is 1.75 bits per heavy atom. The molecule has 1 heterocycles. The van der Waals surface area contributed by atoms with Gasteiger partial charge in [-0.1, -0.05) is 18.3 Å². The summed E-state index contributed by atoms with van der Waals surface area (Å²) in [7, 11) is 2.08. The molecule has 2 heteroatoms. The zero-order valence-electron chi connectivity index (χ0n) is 5.22. The first kappa shape index (κ1) is 5.76. The first-order valence-electron chi connectivity index (χ1n) is 2.75. The molecule has 8 heavy (non-hydrogen) atoms. The van der Waals surface area contributed by atoms with Gasteiger partial charge in [0.2, 0.25) is 5.51 Å². The molecule has 0 aromatic carbocycles. The van der Waals surface area contributed by atoms with Crippen molar-refractivity contribution in [2.45, 2.75) is 13.3 Å². The summed E-state index contributed by atoms with van der Waals surface area (Å²) in [4.78, 5) is 0. The quantitative estimate of drug-likeness (QED) is 0.499. The maximum Gasteiger partial charge on any atom is 0.224 e. The maximum atomic E-state index is 2.18. The van der Waals surface area contributed by atoms with E-state index in [0.717, 1.165) is 6.42 Å². The predicted octanol–water partition coefficient (Wildman–Crippen LogP) is 1.14. The van der Waals surface area contributed by atoms with Crippen LogP contribution in [-0.4, -0.2) is 0 Å². The molecule has 0 radical (unpaired) electrons. The number of hydrogen-bond donors (Lipinski definition) is 0. The Morgan fingerprint density at radius 3 is 2.75 bits per heavy atom. The standard InChI is InChI=1S/C6H10NS/c1-3-6-4-8-5-7(6)2/h4-5H,3H2,1-2H3/q+1. The summed E-state index contributed by atoms with van der Waals surface area (Å²) in [5, 5.41) is 2.18. The molecule has 1 aromatic rings. The fraction of sp³-hybridized carbons (Fsp3) is 0.500. The molecule has 44 valence electrons. The Hall–Kier alpha value is -0.370.